The fourth-order valence-electron chi connectivity index (χ4n) is 2.76. The van der Waals surface area contributed by atoms with Crippen LogP contribution in [0, 0.1) is 0 Å². The van der Waals surface area contributed by atoms with Crippen LogP contribution in [0.25, 0.3) is 11.5 Å². The van der Waals surface area contributed by atoms with Crippen LogP contribution in [-0.2, 0) is 0 Å². The minimum absolute atomic E-state index is 0.377. The molecule has 2 aromatic heterocycles. The maximum atomic E-state index is 12.4. The number of hydrogen-bond acceptors (Lipinski definition) is 2. The van der Waals surface area contributed by atoms with Crippen LogP contribution < -0.4 is 10.6 Å². The second-order valence-electron chi connectivity index (χ2n) is 5.81. The maximum Gasteiger partial charge on any atom is 0.323 e. The highest BCUT2D eigenvalue weighted by Gasteiger charge is 2.16. The molecular weight excluding hydrogens is 362 g/mol. The maximum absolute atomic E-state index is 12.4. The van der Waals surface area contributed by atoms with Crippen LogP contribution in [0.1, 0.15) is 0 Å². The predicted octanol–water partition coefficient (Wildman–Crippen LogP) is 4.96. The zero-order chi connectivity index (χ0) is 18.6. The van der Waals surface area contributed by atoms with Gasteiger partial charge >= 0.3 is 6.03 Å². The summed E-state index contributed by atoms with van der Waals surface area (Å²) in [7, 11) is 0. The van der Waals surface area contributed by atoms with Crippen molar-refractivity contribution in [3.63, 3.8) is 0 Å². The first-order chi connectivity index (χ1) is 13.2. The van der Waals surface area contributed by atoms with Gasteiger partial charge in [0.25, 0.3) is 0 Å². The third-order valence-electron chi connectivity index (χ3n) is 3.92. The summed E-state index contributed by atoms with van der Waals surface area (Å²) in [4.78, 5) is 12.4. The smallest absolute Gasteiger partial charge is 0.308 e. The van der Waals surface area contributed by atoms with Crippen LogP contribution in [0.15, 0.2) is 85.3 Å². The van der Waals surface area contributed by atoms with Gasteiger partial charge in [-0.25, -0.2) is 9.48 Å². The van der Waals surface area contributed by atoms with E-state index in [9.17, 15) is 4.79 Å². The number of anilines is 2. The summed E-state index contributed by atoms with van der Waals surface area (Å²) in [6, 6.07) is 20.2. The number of para-hydroxylation sites is 1. The van der Waals surface area contributed by atoms with Crippen LogP contribution >= 0.6 is 11.6 Å². The van der Waals surface area contributed by atoms with Crippen molar-refractivity contribution in [2.24, 2.45) is 0 Å². The molecule has 0 aliphatic heterocycles. The Kier molecular flexibility index (Phi) is 4.63. The SMILES string of the molecule is O=C(Nc1cccc(Cl)c1)Nc1cnn(-c2ccccc2)c1-n1cccc1. The molecule has 0 bridgehead atoms. The molecule has 7 heteroatoms. The molecule has 2 aromatic carbocycles. The van der Waals surface area contributed by atoms with E-state index in [-0.39, 0.29) is 6.03 Å². The normalized spacial score (nSPS) is 10.6. The minimum atomic E-state index is -0.377. The van der Waals surface area contributed by atoms with E-state index in [0.29, 0.717) is 16.4 Å². The lowest BCUT2D eigenvalue weighted by molar-refractivity contribution is 0.262. The number of amides is 2. The summed E-state index contributed by atoms with van der Waals surface area (Å²) >= 11 is 5.96. The fourth-order valence-corrected chi connectivity index (χ4v) is 2.95. The topological polar surface area (TPSA) is 63.9 Å². The summed E-state index contributed by atoms with van der Waals surface area (Å²) in [5.41, 5.74) is 2.08. The molecule has 2 heterocycles. The van der Waals surface area contributed by atoms with Crippen molar-refractivity contribution < 1.29 is 4.79 Å². The molecule has 0 saturated heterocycles. The van der Waals surface area contributed by atoms with Gasteiger partial charge in [0.1, 0.15) is 5.69 Å². The molecule has 0 aliphatic carbocycles. The molecule has 0 saturated carbocycles. The first-order valence-corrected chi connectivity index (χ1v) is 8.69. The van der Waals surface area contributed by atoms with E-state index < -0.39 is 0 Å². The lowest BCUT2D eigenvalue weighted by Crippen LogP contribution is -2.20. The lowest BCUT2D eigenvalue weighted by Gasteiger charge is -2.12. The van der Waals surface area contributed by atoms with E-state index in [1.54, 1.807) is 35.1 Å². The summed E-state index contributed by atoms with van der Waals surface area (Å²) in [6.45, 7) is 0. The first kappa shape index (κ1) is 16.9. The van der Waals surface area contributed by atoms with E-state index >= 15 is 0 Å². The van der Waals surface area contributed by atoms with E-state index in [1.807, 2.05) is 59.4 Å². The van der Waals surface area contributed by atoms with Crippen molar-refractivity contribution in [1.29, 1.82) is 0 Å². The number of rotatable bonds is 4. The molecule has 134 valence electrons. The molecule has 6 nitrogen and oxygen atoms in total. The Labute approximate surface area is 161 Å². The monoisotopic (exact) mass is 377 g/mol. The van der Waals surface area contributed by atoms with Crippen molar-refractivity contribution in [2.45, 2.75) is 0 Å². The number of nitrogens with one attached hydrogen (secondary N) is 2. The van der Waals surface area contributed by atoms with Gasteiger partial charge in [0.15, 0.2) is 5.82 Å². The molecule has 2 amide bonds. The third kappa shape index (κ3) is 3.70. The molecule has 0 aliphatic rings. The van der Waals surface area contributed by atoms with E-state index in [1.165, 1.54) is 0 Å². The Balaban J connectivity index is 1.65. The Morgan fingerprint density at radius 2 is 1.70 bits per heavy atom. The van der Waals surface area contributed by atoms with Crippen molar-refractivity contribution in [3.8, 4) is 11.5 Å². The standard InChI is InChI=1S/C20H16ClN5O/c21-15-7-6-8-16(13-15)23-20(27)24-18-14-22-26(17-9-2-1-3-10-17)19(18)25-11-4-5-12-25/h1-14H,(H2,23,24,27). The molecule has 0 fully saturated rings. The average molecular weight is 378 g/mol. The molecule has 27 heavy (non-hydrogen) atoms. The number of carbonyl (C=O) groups excluding carboxylic acids is 1. The zero-order valence-corrected chi connectivity index (χ0v) is 15.0. The van der Waals surface area contributed by atoms with Gasteiger partial charge < -0.3 is 15.2 Å². The summed E-state index contributed by atoms with van der Waals surface area (Å²) in [5, 5.41) is 10.6. The summed E-state index contributed by atoms with van der Waals surface area (Å²) in [6.07, 6.45) is 5.42. The number of halogens is 1. The van der Waals surface area contributed by atoms with Gasteiger partial charge in [-0.2, -0.15) is 5.10 Å². The van der Waals surface area contributed by atoms with Gasteiger partial charge in [-0.3, -0.25) is 0 Å². The van der Waals surface area contributed by atoms with Crippen molar-refractivity contribution >= 4 is 29.0 Å². The molecule has 0 unspecified atom stereocenters. The molecule has 0 radical (unpaired) electrons. The Morgan fingerprint density at radius 1 is 0.926 bits per heavy atom. The zero-order valence-electron chi connectivity index (χ0n) is 14.2. The predicted molar refractivity (Wildman–Crippen MR) is 107 cm³/mol. The first-order valence-electron chi connectivity index (χ1n) is 8.31. The Hall–Kier alpha value is -3.51. The second kappa shape index (κ2) is 7.39. The van der Waals surface area contributed by atoms with Crippen molar-refractivity contribution in [1.82, 2.24) is 14.3 Å². The van der Waals surface area contributed by atoms with Crippen LogP contribution in [-0.4, -0.2) is 20.4 Å². The average Bonchev–Trinajstić information content (AvgIpc) is 3.32. The van der Waals surface area contributed by atoms with Gasteiger partial charge in [-0.15, -0.1) is 0 Å². The highest BCUT2D eigenvalue weighted by atomic mass is 35.5. The highest BCUT2D eigenvalue weighted by Crippen LogP contribution is 2.24. The lowest BCUT2D eigenvalue weighted by atomic mass is 10.3. The van der Waals surface area contributed by atoms with E-state index in [2.05, 4.69) is 15.7 Å². The number of nitrogens with zero attached hydrogens (tertiary/aromatic N) is 3. The number of benzene rings is 2. The van der Waals surface area contributed by atoms with Crippen LogP contribution in [0.2, 0.25) is 5.02 Å². The van der Waals surface area contributed by atoms with Crippen LogP contribution in [0.3, 0.4) is 0 Å². The quantitative estimate of drug-likeness (QED) is 0.528. The van der Waals surface area contributed by atoms with Crippen molar-refractivity contribution in [2.75, 3.05) is 10.6 Å². The number of aromatic nitrogens is 3. The molecule has 0 atom stereocenters. The van der Waals surface area contributed by atoms with Gasteiger partial charge in [0.2, 0.25) is 0 Å². The fraction of sp³-hybridized carbons (Fsp3) is 0. The number of carbonyl (C=O) groups is 1. The van der Waals surface area contributed by atoms with Gasteiger partial charge in [0.05, 0.1) is 11.9 Å². The molecule has 4 rings (SSSR count). The molecule has 0 spiro atoms. The van der Waals surface area contributed by atoms with Crippen LogP contribution in [0.5, 0.6) is 0 Å². The second-order valence-corrected chi connectivity index (χ2v) is 6.25. The molecule has 2 N–H and O–H groups in total. The number of hydrogen-bond donors (Lipinski definition) is 2. The molecule has 4 aromatic rings. The highest BCUT2D eigenvalue weighted by molar-refractivity contribution is 6.30. The summed E-state index contributed by atoms with van der Waals surface area (Å²) in [5.74, 6) is 0.729. The third-order valence-corrected chi connectivity index (χ3v) is 4.16. The van der Waals surface area contributed by atoms with Gasteiger partial charge in [0, 0.05) is 23.1 Å². The van der Waals surface area contributed by atoms with Crippen molar-refractivity contribution in [3.05, 3.63) is 90.3 Å². The largest absolute Gasteiger partial charge is 0.323 e. The Morgan fingerprint density at radius 3 is 2.44 bits per heavy atom. The summed E-state index contributed by atoms with van der Waals surface area (Å²) < 4.78 is 3.67. The van der Waals surface area contributed by atoms with Crippen LogP contribution in [0.4, 0.5) is 16.2 Å². The Bertz CT molecular complexity index is 1060. The molecular formula is C20H16ClN5O. The van der Waals surface area contributed by atoms with Gasteiger partial charge in [-0.05, 0) is 42.5 Å². The van der Waals surface area contributed by atoms with Gasteiger partial charge in [-0.1, -0.05) is 35.9 Å². The minimum Gasteiger partial charge on any atom is -0.308 e. The van der Waals surface area contributed by atoms with E-state index in [0.717, 1.165) is 11.5 Å². The van der Waals surface area contributed by atoms with E-state index in [4.69, 9.17) is 11.6 Å². The number of urea groups is 1.